The molecule has 0 atom stereocenters. The summed E-state index contributed by atoms with van der Waals surface area (Å²) in [6, 6.07) is 4.16. The van der Waals surface area contributed by atoms with Gasteiger partial charge in [-0.2, -0.15) is 13.9 Å². The molecule has 0 unspecified atom stereocenters. The fraction of sp³-hybridized carbons (Fsp3) is 0.333. The van der Waals surface area contributed by atoms with Gasteiger partial charge in [-0.1, -0.05) is 0 Å². The Balaban J connectivity index is 1.37. The van der Waals surface area contributed by atoms with Gasteiger partial charge < -0.3 is 20.3 Å². The maximum Gasteiger partial charge on any atom is 0.346 e. The zero-order valence-corrected chi connectivity index (χ0v) is 21.2. The summed E-state index contributed by atoms with van der Waals surface area (Å²) in [5.74, 6) is 0.113. The first-order chi connectivity index (χ1) is 17.1. The van der Waals surface area contributed by atoms with Gasteiger partial charge in [-0.05, 0) is 12.1 Å². The molecule has 0 radical (unpaired) electrons. The van der Waals surface area contributed by atoms with E-state index in [1.807, 2.05) is 0 Å². The normalized spacial score (nSPS) is 11.1. The molecule has 0 saturated carbocycles. The second-order valence-electron chi connectivity index (χ2n) is 7.49. The third kappa shape index (κ3) is 8.54. The molecule has 3 N–H and O–H groups in total. The van der Waals surface area contributed by atoms with E-state index >= 15 is 0 Å². The number of anilines is 2. The van der Waals surface area contributed by atoms with Crippen molar-refractivity contribution in [2.45, 2.75) is 16.9 Å². The van der Waals surface area contributed by atoms with Crippen molar-refractivity contribution in [2.24, 2.45) is 0 Å². The van der Waals surface area contributed by atoms with Crippen LogP contribution in [0, 0.1) is 0 Å². The van der Waals surface area contributed by atoms with Crippen LogP contribution in [0.15, 0.2) is 47.8 Å². The highest BCUT2D eigenvalue weighted by atomic mass is 127. The maximum absolute atomic E-state index is 13.2. The summed E-state index contributed by atoms with van der Waals surface area (Å²) in [6.45, 7) is 0.596. The van der Waals surface area contributed by atoms with Crippen molar-refractivity contribution in [3.8, 4) is 5.88 Å². The minimum absolute atomic E-state index is 0.0545. The standard InChI is InChI=1S/C21H23F2IN8O4/c1-31(8-9-36-18-3-2-14(10-27-18)21(22,23)24)19(34)13-32-12-15(11-28-32)29-17(33)5-7-25-16-4-6-26-20(35)30-16/h2-4,6,10-12H,5,7-9,13H2,1H3,(H,29,33)(H2,25,26,30,35). The lowest BCUT2D eigenvalue weighted by Crippen LogP contribution is -2.33. The van der Waals surface area contributed by atoms with Crippen LogP contribution in [0.4, 0.5) is 20.3 Å². The average molecular weight is 616 g/mol. The molecule has 3 heterocycles. The number of nitrogens with zero attached hydrogens (tertiary/aromatic N) is 5. The molecule has 0 aliphatic carbocycles. The number of ether oxygens (including phenoxy) is 1. The van der Waals surface area contributed by atoms with Crippen LogP contribution >= 0.6 is 22.6 Å². The average Bonchev–Trinajstić information content (AvgIpc) is 3.25. The molecule has 192 valence electrons. The summed E-state index contributed by atoms with van der Waals surface area (Å²) in [4.78, 5) is 47.0. The Morgan fingerprint density at radius 3 is 2.75 bits per heavy atom. The van der Waals surface area contributed by atoms with Gasteiger partial charge >= 0.3 is 9.62 Å². The number of aromatic nitrogens is 5. The van der Waals surface area contributed by atoms with Gasteiger partial charge in [-0.15, -0.1) is 0 Å². The molecule has 0 spiro atoms. The van der Waals surface area contributed by atoms with E-state index in [2.05, 4.69) is 30.7 Å². The van der Waals surface area contributed by atoms with Crippen LogP contribution in [-0.4, -0.2) is 68.2 Å². The first-order valence-electron chi connectivity index (χ1n) is 10.6. The van der Waals surface area contributed by atoms with Gasteiger partial charge in [0.1, 0.15) is 19.0 Å². The van der Waals surface area contributed by atoms with Crippen LogP contribution in [0.1, 0.15) is 12.0 Å². The van der Waals surface area contributed by atoms with E-state index < -0.39 is 9.62 Å². The molecule has 36 heavy (non-hydrogen) atoms. The quantitative estimate of drug-likeness (QED) is 0.206. The van der Waals surface area contributed by atoms with Crippen LogP contribution in [0.3, 0.4) is 0 Å². The SMILES string of the molecule is CN(CCOc1ccc(C(F)(F)I)cn1)C(=O)Cn1cc(NC(=O)CCNc2ccnc(=O)[nH]2)cn1. The summed E-state index contributed by atoms with van der Waals surface area (Å²) in [5.41, 5.74) is -0.280. The largest absolute Gasteiger partial charge is 0.476 e. The highest BCUT2D eigenvalue weighted by Crippen LogP contribution is 2.34. The van der Waals surface area contributed by atoms with E-state index in [1.54, 1.807) is 13.1 Å². The van der Waals surface area contributed by atoms with Crippen LogP contribution in [-0.2, 0) is 20.1 Å². The monoisotopic (exact) mass is 616 g/mol. The van der Waals surface area contributed by atoms with Crippen LogP contribution in [0.25, 0.3) is 0 Å². The highest BCUT2D eigenvalue weighted by molar-refractivity contribution is 14.1. The molecular weight excluding hydrogens is 593 g/mol. The molecule has 12 nitrogen and oxygen atoms in total. The summed E-state index contributed by atoms with van der Waals surface area (Å²) in [7, 11) is 1.59. The Bertz CT molecular complexity index is 1230. The number of H-pyrrole nitrogens is 1. The van der Waals surface area contributed by atoms with Crippen molar-refractivity contribution >= 4 is 45.9 Å². The zero-order valence-electron chi connectivity index (χ0n) is 19.1. The Morgan fingerprint density at radius 2 is 2.06 bits per heavy atom. The van der Waals surface area contributed by atoms with E-state index in [0.29, 0.717) is 11.5 Å². The number of hydrogen-bond acceptors (Lipinski definition) is 8. The lowest BCUT2D eigenvalue weighted by molar-refractivity contribution is -0.131. The fourth-order valence-electron chi connectivity index (χ4n) is 2.83. The summed E-state index contributed by atoms with van der Waals surface area (Å²) in [6.07, 6.45) is 5.49. The molecule has 3 aromatic heterocycles. The van der Waals surface area contributed by atoms with Crippen molar-refractivity contribution < 1.29 is 23.1 Å². The summed E-state index contributed by atoms with van der Waals surface area (Å²) >= 11 is 1.02. The van der Waals surface area contributed by atoms with E-state index in [1.165, 1.54) is 40.3 Å². The number of hydrogen-bond donors (Lipinski definition) is 3. The molecule has 0 aromatic carbocycles. The number of carbonyl (C=O) groups is 2. The van der Waals surface area contributed by atoms with Gasteiger partial charge in [0, 0.05) is 72.8 Å². The molecule has 0 bridgehead atoms. The molecule has 0 aliphatic rings. The zero-order chi connectivity index (χ0) is 26.1. The minimum atomic E-state index is -3.01. The smallest absolute Gasteiger partial charge is 0.346 e. The Labute approximate surface area is 217 Å². The van der Waals surface area contributed by atoms with E-state index in [4.69, 9.17) is 4.74 Å². The third-order valence-corrected chi connectivity index (χ3v) is 5.35. The first kappa shape index (κ1) is 27.0. The predicted molar refractivity (Wildman–Crippen MR) is 134 cm³/mol. The number of amides is 2. The van der Waals surface area contributed by atoms with Crippen molar-refractivity contribution in [3.63, 3.8) is 0 Å². The van der Waals surface area contributed by atoms with Gasteiger partial charge in [0.25, 0.3) is 0 Å². The van der Waals surface area contributed by atoms with Crippen molar-refractivity contribution in [2.75, 3.05) is 37.4 Å². The molecular formula is C21H23F2IN8O4. The van der Waals surface area contributed by atoms with Crippen molar-refractivity contribution in [3.05, 3.63) is 59.0 Å². The second kappa shape index (κ2) is 12.4. The van der Waals surface area contributed by atoms with Crippen molar-refractivity contribution in [1.29, 1.82) is 0 Å². The summed E-state index contributed by atoms with van der Waals surface area (Å²) in [5, 5.41) is 9.67. The van der Waals surface area contributed by atoms with Gasteiger partial charge in [0.05, 0.1) is 18.4 Å². The fourth-order valence-corrected chi connectivity index (χ4v) is 3.14. The molecule has 2 amide bonds. The van der Waals surface area contributed by atoms with Crippen LogP contribution in [0.2, 0.25) is 0 Å². The first-order valence-corrected chi connectivity index (χ1v) is 11.7. The third-order valence-electron chi connectivity index (χ3n) is 4.72. The number of nitrogens with one attached hydrogen (secondary N) is 3. The van der Waals surface area contributed by atoms with E-state index in [0.717, 1.165) is 28.8 Å². The second-order valence-corrected chi connectivity index (χ2v) is 8.84. The van der Waals surface area contributed by atoms with Gasteiger partial charge in [0.15, 0.2) is 0 Å². The molecule has 0 fully saturated rings. The van der Waals surface area contributed by atoms with Crippen LogP contribution < -0.4 is 21.1 Å². The lowest BCUT2D eigenvalue weighted by atomic mass is 10.3. The molecule has 0 saturated heterocycles. The number of halogens is 3. The maximum atomic E-state index is 13.2. The number of aromatic amines is 1. The number of alkyl halides is 3. The van der Waals surface area contributed by atoms with Gasteiger partial charge in [0.2, 0.25) is 17.7 Å². The number of pyridine rings is 1. The number of likely N-dealkylation sites (N-methyl/N-ethyl adjacent to an activating group) is 1. The highest BCUT2D eigenvalue weighted by Gasteiger charge is 2.27. The summed E-state index contributed by atoms with van der Waals surface area (Å²) < 4.78 is 30.2. The Morgan fingerprint density at radius 1 is 1.25 bits per heavy atom. The molecule has 0 aliphatic heterocycles. The number of rotatable bonds is 12. The van der Waals surface area contributed by atoms with Crippen molar-refractivity contribution in [1.82, 2.24) is 29.6 Å². The lowest BCUT2D eigenvalue weighted by Gasteiger charge is -2.17. The molecule has 15 heteroatoms. The van der Waals surface area contributed by atoms with Crippen LogP contribution in [0.5, 0.6) is 5.88 Å². The predicted octanol–water partition coefficient (Wildman–Crippen LogP) is 1.82. The Hall–Kier alpha value is -3.63. The Kier molecular flexibility index (Phi) is 9.26. The van der Waals surface area contributed by atoms with Gasteiger partial charge in [-0.3, -0.25) is 19.3 Å². The van der Waals surface area contributed by atoms with Gasteiger partial charge in [-0.25, -0.2) is 14.8 Å². The molecule has 3 aromatic rings. The molecule has 3 rings (SSSR count). The minimum Gasteiger partial charge on any atom is -0.476 e. The number of carbonyl (C=O) groups excluding carboxylic acids is 2. The van der Waals surface area contributed by atoms with E-state index in [-0.39, 0.29) is 55.9 Å². The topological polar surface area (TPSA) is 147 Å². The van der Waals surface area contributed by atoms with E-state index in [9.17, 15) is 23.2 Å².